The second kappa shape index (κ2) is 5.52. The van der Waals surface area contributed by atoms with Crippen LogP contribution in [-0.4, -0.2) is 4.98 Å². The normalized spacial score (nSPS) is 13.4. The predicted octanol–water partition coefficient (Wildman–Crippen LogP) is 3.54. The van der Waals surface area contributed by atoms with Gasteiger partial charge in [-0.15, -0.1) is 0 Å². The van der Waals surface area contributed by atoms with Crippen LogP contribution in [0.15, 0.2) is 36.5 Å². The lowest BCUT2D eigenvalue weighted by Crippen LogP contribution is -1.98. The van der Waals surface area contributed by atoms with E-state index in [9.17, 15) is 0 Å². The van der Waals surface area contributed by atoms with E-state index in [2.05, 4.69) is 43.1 Å². The minimum absolute atomic E-state index is 0.581. The van der Waals surface area contributed by atoms with Crippen molar-refractivity contribution in [2.45, 2.75) is 32.6 Å². The average molecular weight is 175 g/mol. The number of pyridine rings is 1. The Balaban J connectivity index is 2.67. The molecule has 0 aromatic carbocycles. The molecular weight excluding hydrogens is 158 g/mol. The molecule has 0 bridgehead atoms. The molecule has 0 aliphatic heterocycles. The van der Waals surface area contributed by atoms with Crippen molar-refractivity contribution in [2.75, 3.05) is 0 Å². The average Bonchev–Trinajstić information content (AvgIpc) is 2.21. The van der Waals surface area contributed by atoms with Gasteiger partial charge in [0.25, 0.3) is 0 Å². The molecule has 1 aromatic heterocycles. The van der Waals surface area contributed by atoms with Gasteiger partial charge in [0, 0.05) is 17.8 Å². The van der Waals surface area contributed by atoms with Gasteiger partial charge in [-0.3, -0.25) is 4.98 Å². The molecule has 1 heterocycles. The van der Waals surface area contributed by atoms with Gasteiger partial charge in [-0.1, -0.05) is 25.1 Å². The van der Waals surface area contributed by atoms with Crippen LogP contribution in [0, 0.1) is 0 Å². The van der Waals surface area contributed by atoms with Crippen LogP contribution in [0.2, 0.25) is 0 Å². The predicted molar refractivity (Wildman–Crippen MR) is 56.7 cm³/mol. The highest BCUT2D eigenvalue weighted by atomic mass is 14.7. The molecule has 0 amide bonds. The number of rotatable bonds is 4. The van der Waals surface area contributed by atoms with Crippen LogP contribution in [-0.2, 0) is 0 Å². The molecular formula is C12H17N. The van der Waals surface area contributed by atoms with Crippen molar-refractivity contribution in [3.63, 3.8) is 0 Å². The molecule has 1 heteroatoms. The molecule has 1 unspecified atom stereocenters. The van der Waals surface area contributed by atoms with Crippen LogP contribution in [0.4, 0.5) is 0 Å². The van der Waals surface area contributed by atoms with Gasteiger partial charge in [0.2, 0.25) is 0 Å². The first kappa shape index (κ1) is 9.97. The summed E-state index contributed by atoms with van der Waals surface area (Å²) in [5, 5.41) is 0. The van der Waals surface area contributed by atoms with Crippen LogP contribution < -0.4 is 0 Å². The summed E-state index contributed by atoms with van der Waals surface area (Å²) in [4.78, 5) is 4.37. The smallest absolute Gasteiger partial charge is 0.0437 e. The van der Waals surface area contributed by atoms with Crippen molar-refractivity contribution in [1.82, 2.24) is 4.98 Å². The van der Waals surface area contributed by atoms with E-state index in [1.54, 1.807) is 0 Å². The van der Waals surface area contributed by atoms with E-state index in [0.29, 0.717) is 5.92 Å². The summed E-state index contributed by atoms with van der Waals surface area (Å²) >= 11 is 0. The van der Waals surface area contributed by atoms with E-state index in [1.165, 1.54) is 5.69 Å². The Hall–Kier alpha value is -1.11. The third-order valence-electron chi connectivity index (χ3n) is 2.26. The summed E-state index contributed by atoms with van der Waals surface area (Å²) in [5.74, 6) is 0.581. The third kappa shape index (κ3) is 3.02. The number of hydrogen-bond acceptors (Lipinski definition) is 1. The SMILES string of the molecule is C/C=C\CC(CC)c1ccccn1. The number of hydrogen-bond donors (Lipinski definition) is 0. The molecule has 0 saturated heterocycles. The van der Waals surface area contributed by atoms with E-state index in [4.69, 9.17) is 0 Å². The van der Waals surface area contributed by atoms with E-state index in [1.807, 2.05) is 12.3 Å². The molecule has 0 radical (unpaired) electrons. The highest BCUT2D eigenvalue weighted by molar-refractivity contribution is 5.10. The molecule has 13 heavy (non-hydrogen) atoms. The zero-order chi connectivity index (χ0) is 9.52. The van der Waals surface area contributed by atoms with E-state index in [-0.39, 0.29) is 0 Å². The highest BCUT2D eigenvalue weighted by Gasteiger charge is 2.07. The fourth-order valence-electron chi connectivity index (χ4n) is 1.41. The summed E-state index contributed by atoms with van der Waals surface area (Å²) in [5.41, 5.74) is 1.21. The Morgan fingerprint density at radius 1 is 1.46 bits per heavy atom. The van der Waals surface area contributed by atoms with Crippen molar-refractivity contribution in [2.24, 2.45) is 0 Å². The van der Waals surface area contributed by atoms with E-state index in [0.717, 1.165) is 12.8 Å². The molecule has 0 spiro atoms. The first-order valence-corrected chi connectivity index (χ1v) is 4.90. The fraction of sp³-hybridized carbons (Fsp3) is 0.417. The zero-order valence-corrected chi connectivity index (χ0v) is 8.40. The zero-order valence-electron chi connectivity index (χ0n) is 8.40. The van der Waals surface area contributed by atoms with Gasteiger partial charge in [0.15, 0.2) is 0 Å². The first-order valence-electron chi connectivity index (χ1n) is 4.90. The van der Waals surface area contributed by atoms with Crippen LogP contribution in [0.1, 0.15) is 38.3 Å². The Kier molecular flexibility index (Phi) is 4.24. The topological polar surface area (TPSA) is 12.9 Å². The monoisotopic (exact) mass is 175 g/mol. The lowest BCUT2D eigenvalue weighted by atomic mass is 9.98. The Morgan fingerprint density at radius 2 is 2.31 bits per heavy atom. The van der Waals surface area contributed by atoms with Crippen LogP contribution >= 0.6 is 0 Å². The molecule has 0 aliphatic carbocycles. The standard InChI is InChI=1S/C12H17N/c1-3-5-8-11(4-2)12-9-6-7-10-13-12/h3,5-7,9-11H,4,8H2,1-2H3/b5-3-. The summed E-state index contributed by atoms with van der Waals surface area (Å²) in [7, 11) is 0. The Labute approximate surface area is 80.5 Å². The molecule has 1 nitrogen and oxygen atoms in total. The minimum Gasteiger partial charge on any atom is -0.261 e. The molecule has 1 rings (SSSR count). The summed E-state index contributed by atoms with van der Waals surface area (Å²) in [6.07, 6.45) is 8.44. The Morgan fingerprint density at radius 3 is 2.85 bits per heavy atom. The molecule has 70 valence electrons. The fourth-order valence-corrected chi connectivity index (χ4v) is 1.41. The minimum atomic E-state index is 0.581. The third-order valence-corrected chi connectivity index (χ3v) is 2.26. The molecule has 0 fully saturated rings. The summed E-state index contributed by atoms with van der Waals surface area (Å²) in [6.45, 7) is 4.27. The van der Waals surface area contributed by atoms with E-state index < -0.39 is 0 Å². The highest BCUT2D eigenvalue weighted by Crippen LogP contribution is 2.20. The van der Waals surface area contributed by atoms with Gasteiger partial charge in [-0.2, -0.15) is 0 Å². The summed E-state index contributed by atoms with van der Waals surface area (Å²) < 4.78 is 0. The van der Waals surface area contributed by atoms with Gasteiger partial charge >= 0.3 is 0 Å². The van der Waals surface area contributed by atoms with Crippen LogP contribution in [0.3, 0.4) is 0 Å². The molecule has 1 atom stereocenters. The van der Waals surface area contributed by atoms with Gasteiger partial charge in [0.1, 0.15) is 0 Å². The second-order valence-electron chi connectivity index (χ2n) is 3.16. The number of nitrogens with zero attached hydrogens (tertiary/aromatic N) is 1. The van der Waals surface area contributed by atoms with Gasteiger partial charge in [0.05, 0.1) is 0 Å². The van der Waals surface area contributed by atoms with Crippen molar-refractivity contribution in [3.8, 4) is 0 Å². The Bertz CT molecular complexity index is 251. The van der Waals surface area contributed by atoms with Crippen molar-refractivity contribution in [3.05, 3.63) is 42.2 Å². The molecule has 0 saturated carbocycles. The molecule has 0 aliphatic rings. The number of allylic oxidation sites excluding steroid dienone is 2. The van der Waals surface area contributed by atoms with Crippen molar-refractivity contribution < 1.29 is 0 Å². The lowest BCUT2D eigenvalue weighted by molar-refractivity contribution is 0.653. The number of aromatic nitrogens is 1. The molecule has 0 N–H and O–H groups in total. The maximum absolute atomic E-state index is 4.37. The maximum Gasteiger partial charge on any atom is 0.0437 e. The van der Waals surface area contributed by atoms with Crippen LogP contribution in [0.5, 0.6) is 0 Å². The van der Waals surface area contributed by atoms with Crippen molar-refractivity contribution >= 4 is 0 Å². The second-order valence-corrected chi connectivity index (χ2v) is 3.16. The van der Waals surface area contributed by atoms with Gasteiger partial charge < -0.3 is 0 Å². The summed E-state index contributed by atoms with van der Waals surface area (Å²) in [6, 6.07) is 6.13. The van der Waals surface area contributed by atoms with Gasteiger partial charge in [-0.25, -0.2) is 0 Å². The van der Waals surface area contributed by atoms with Gasteiger partial charge in [-0.05, 0) is 31.9 Å². The van der Waals surface area contributed by atoms with Crippen molar-refractivity contribution in [1.29, 1.82) is 0 Å². The largest absolute Gasteiger partial charge is 0.261 e. The molecule has 1 aromatic rings. The van der Waals surface area contributed by atoms with E-state index >= 15 is 0 Å². The maximum atomic E-state index is 4.37. The van der Waals surface area contributed by atoms with Crippen LogP contribution in [0.25, 0.3) is 0 Å². The quantitative estimate of drug-likeness (QED) is 0.638. The first-order chi connectivity index (χ1) is 6.38. The lowest BCUT2D eigenvalue weighted by Gasteiger charge is -2.10.